The highest BCUT2D eigenvalue weighted by atomic mass is 16.5. The van der Waals surface area contributed by atoms with Crippen LogP contribution in [0.25, 0.3) is 21.7 Å². The molecule has 4 heteroatoms. The zero-order valence-corrected chi connectivity index (χ0v) is 13.0. The number of aryl methyl sites for hydroxylation is 1. The van der Waals surface area contributed by atoms with E-state index in [9.17, 15) is 4.79 Å². The van der Waals surface area contributed by atoms with E-state index in [1.165, 1.54) is 18.4 Å². The number of fused-ring (bicyclic) bond motifs is 4. The van der Waals surface area contributed by atoms with Gasteiger partial charge in [-0.1, -0.05) is 18.2 Å². The van der Waals surface area contributed by atoms with Crippen LogP contribution in [0.5, 0.6) is 5.75 Å². The van der Waals surface area contributed by atoms with Crippen molar-refractivity contribution in [2.45, 2.75) is 32.4 Å². The molecule has 116 valence electrons. The monoisotopic (exact) mass is 307 g/mol. The van der Waals surface area contributed by atoms with Gasteiger partial charge in [-0.2, -0.15) is 0 Å². The number of nitrogens with zero attached hydrogens (tertiary/aromatic N) is 1. The summed E-state index contributed by atoms with van der Waals surface area (Å²) in [6.45, 7) is 3.51. The van der Waals surface area contributed by atoms with Crippen molar-refractivity contribution >= 4 is 21.7 Å². The second-order valence-electron chi connectivity index (χ2n) is 6.55. The van der Waals surface area contributed by atoms with E-state index in [4.69, 9.17) is 9.15 Å². The summed E-state index contributed by atoms with van der Waals surface area (Å²) in [5.74, 6) is 0.882. The fourth-order valence-corrected chi connectivity index (χ4v) is 3.63. The van der Waals surface area contributed by atoms with E-state index in [1.807, 2.05) is 31.2 Å². The molecule has 0 bridgehead atoms. The molecular formula is C19H17NO3. The van der Waals surface area contributed by atoms with Crippen LogP contribution in [-0.2, 0) is 6.54 Å². The van der Waals surface area contributed by atoms with Crippen LogP contribution in [0.2, 0.25) is 0 Å². The molecule has 1 saturated carbocycles. The summed E-state index contributed by atoms with van der Waals surface area (Å²) < 4.78 is 11.6. The number of rotatable bonds is 1. The zero-order chi connectivity index (χ0) is 15.6. The highest BCUT2D eigenvalue weighted by molar-refractivity contribution is 6.06. The summed E-state index contributed by atoms with van der Waals surface area (Å²) in [5.41, 5.74) is 2.47. The number of benzene rings is 2. The summed E-state index contributed by atoms with van der Waals surface area (Å²) in [4.78, 5) is 14.6. The maximum absolute atomic E-state index is 12.2. The second-order valence-corrected chi connectivity index (χ2v) is 6.55. The van der Waals surface area contributed by atoms with Crippen molar-refractivity contribution in [3.8, 4) is 5.75 Å². The molecule has 2 aromatic carbocycles. The summed E-state index contributed by atoms with van der Waals surface area (Å²) in [7, 11) is 0. The molecule has 0 unspecified atom stereocenters. The maximum atomic E-state index is 12.2. The summed E-state index contributed by atoms with van der Waals surface area (Å²) >= 11 is 0. The van der Waals surface area contributed by atoms with Crippen LogP contribution in [0.3, 0.4) is 0 Å². The molecule has 2 aliphatic rings. The van der Waals surface area contributed by atoms with Gasteiger partial charge in [-0.25, -0.2) is 4.79 Å². The Morgan fingerprint density at radius 2 is 1.91 bits per heavy atom. The highest BCUT2D eigenvalue weighted by Gasteiger charge is 2.33. The lowest BCUT2D eigenvalue weighted by atomic mass is 10.00. The summed E-state index contributed by atoms with van der Waals surface area (Å²) in [6.07, 6.45) is 2.53. The largest absolute Gasteiger partial charge is 0.477 e. The van der Waals surface area contributed by atoms with E-state index in [0.717, 1.165) is 28.6 Å². The molecule has 0 amide bonds. The van der Waals surface area contributed by atoms with E-state index in [-0.39, 0.29) is 5.63 Å². The predicted octanol–water partition coefficient (Wildman–Crippen LogP) is 3.57. The van der Waals surface area contributed by atoms with Crippen LogP contribution in [0.1, 0.15) is 24.0 Å². The topological polar surface area (TPSA) is 42.7 Å². The van der Waals surface area contributed by atoms with Gasteiger partial charge in [0.15, 0.2) is 0 Å². The van der Waals surface area contributed by atoms with Gasteiger partial charge in [-0.3, -0.25) is 4.90 Å². The first-order chi connectivity index (χ1) is 11.2. The fraction of sp³-hybridized carbons (Fsp3) is 0.316. The molecular weight excluding hydrogens is 290 g/mol. The molecule has 1 aromatic heterocycles. The third-order valence-electron chi connectivity index (χ3n) is 4.98. The Balaban J connectivity index is 1.81. The van der Waals surface area contributed by atoms with Crippen LogP contribution < -0.4 is 10.4 Å². The van der Waals surface area contributed by atoms with Gasteiger partial charge in [-0.05, 0) is 37.3 Å². The Morgan fingerprint density at radius 1 is 1.13 bits per heavy atom. The van der Waals surface area contributed by atoms with E-state index in [1.54, 1.807) is 0 Å². The lowest BCUT2D eigenvalue weighted by molar-refractivity contribution is 0.0877. The van der Waals surface area contributed by atoms with E-state index in [0.29, 0.717) is 23.7 Å². The van der Waals surface area contributed by atoms with Crippen LogP contribution in [0.4, 0.5) is 0 Å². The van der Waals surface area contributed by atoms with E-state index < -0.39 is 0 Å². The zero-order valence-electron chi connectivity index (χ0n) is 13.0. The summed E-state index contributed by atoms with van der Waals surface area (Å²) in [5, 5.41) is 2.58. The summed E-state index contributed by atoms with van der Waals surface area (Å²) in [6, 6.07) is 10.4. The Kier molecular flexibility index (Phi) is 2.62. The minimum Gasteiger partial charge on any atom is -0.477 e. The molecule has 2 heterocycles. The Hall–Kier alpha value is -2.33. The first-order valence-electron chi connectivity index (χ1n) is 8.07. The minimum atomic E-state index is -0.286. The van der Waals surface area contributed by atoms with Crippen molar-refractivity contribution < 1.29 is 9.15 Å². The molecule has 1 aliphatic heterocycles. The lowest BCUT2D eigenvalue weighted by Gasteiger charge is -2.30. The van der Waals surface area contributed by atoms with E-state index >= 15 is 0 Å². The van der Waals surface area contributed by atoms with Crippen LogP contribution in [0.15, 0.2) is 39.5 Å². The van der Waals surface area contributed by atoms with Crippen LogP contribution in [-0.4, -0.2) is 17.7 Å². The molecule has 1 aliphatic carbocycles. The third-order valence-corrected chi connectivity index (χ3v) is 4.98. The standard InChI is InChI=1S/C19H17NO3/c1-11-17-12(9-20(10-22-17)13-6-7-13)8-16-14-4-2-3-5-15(14)19(21)23-18(11)16/h2-5,8,13H,6-7,9-10H2,1H3. The third kappa shape index (κ3) is 1.91. The van der Waals surface area contributed by atoms with Crippen molar-refractivity contribution in [1.82, 2.24) is 4.90 Å². The molecule has 0 radical (unpaired) electrons. The van der Waals surface area contributed by atoms with Gasteiger partial charge in [0.1, 0.15) is 18.1 Å². The van der Waals surface area contributed by atoms with Crippen molar-refractivity contribution in [3.05, 3.63) is 51.9 Å². The lowest BCUT2D eigenvalue weighted by Crippen LogP contribution is -2.34. The SMILES string of the molecule is Cc1c2c(cc3c1oc(=O)c1ccccc13)CN(C1CC1)CO2. The molecule has 5 rings (SSSR count). The normalized spacial score (nSPS) is 18.1. The molecule has 0 spiro atoms. The van der Waals surface area contributed by atoms with Crippen molar-refractivity contribution in [2.75, 3.05) is 6.73 Å². The van der Waals surface area contributed by atoms with Gasteiger partial charge in [-0.15, -0.1) is 0 Å². The average Bonchev–Trinajstić information content (AvgIpc) is 3.41. The molecule has 4 nitrogen and oxygen atoms in total. The smallest absolute Gasteiger partial charge is 0.344 e. The van der Waals surface area contributed by atoms with Crippen molar-refractivity contribution in [1.29, 1.82) is 0 Å². The van der Waals surface area contributed by atoms with Gasteiger partial charge in [0, 0.05) is 29.1 Å². The molecule has 0 N–H and O–H groups in total. The molecule has 0 atom stereocenters. The maximum Gasteiger partial charge on any atom is 0.344 e. The van der Waals surface area contributed by atoms with Crippen molar-refractivity contribution in [2.24, 2.45) is 0 Å². The van der Waals surface area contributed by atoms with Gasteiger partial charge in [0.05, 0.1) is 5.39 Å². The van der Waals surface area contributed by atoms with Crippen LogP contribution >= 0.6 is 0 Å². The van der Waals surface area contributed by atoms with E-state index in [2.05, 4.69) is 11.0 Å². The second kappa shape index (κ2) is 4.59. The highest BCUT2D eigenvalue weighted by Crippen LogP contribution is 2.39. The molecule has 23 heavy (non-hydrogen) atoms. The molecule has 1 fully saturated rings. The number of hydrogen-bond acceptors (Lipinski definition) is 4. The Bertz CT molecular complexity index is 1000. The fourth-order valence-electron chi connectivity index (χ4n) is 3.63. The van der Waals surface area contributed by atoms with Gasteiger partial charge < -0.3 is 9.15 Å². The Labute approximate surface area is 133 Å². The van der Waals surface area contributed by atoms with Gasteiger partial charge >= 0.3 is 5.63 Å². The Morgan fingerprint density at radius 3 is 2.70 bits per heavy atom. The first-order valence-corrected chi connectivity index (χ1v) is 8.07. The average molecular weight is 307 g/mol. The minimum absolute atomic E-state index is 0.286. The number of ether oxygens (including phenoxy) is 1. The van der Waals surface area contributed by atoms with Crippen LogP contribution in [0, 0.1) is 6.92 Å². The van der Waals surface area contributed by atoms with Gasteiger partial charge in [0.25, 0.3) is 0 Å². The van der Waals surface area contributed by atoms with Gasteiger partial charge in [0.2, 0.25) is 0 Å². The quantitative estimate of drug-likeness (QED) is 0.509. The predicted molar refractivity (Wildman–Crippen MR) is 88.8 cm³/mol. The molecule has 0 saturated heterocycles. The number of hydrogen-bond donors (Lipinski definition) is 0. The molecule has 3 aromatic rings. The van der Waals surface area contributed by atoms with Crippen molar-refractivity contribution in [3.63, 3.8) is 0 Å². The first kappa shape index (κ1) is 13.1.